The number of ether oxygens (including phenoxy) is 3. The summed E-state index contributed by atoms with van der Waals surface area (Å²) >= 11 is 0. The second kappa shape index (κ2) is 8.41. The van der Waals surface area contributed by atoms with Gasteiger partial charge in [0.15, 0.2) is 11.6 Å². The number of rotatable bonds is 7. The van der Waals surface area contributed by atoms with Crippen LogP contribution in [-0.2, 0) is 11.3 Å². The molecule has 2 N–H and O–H groups in total. The van der Waals surface area contributed by atoms with Gasteiger partial charge in [-0.1, -0.05) is 0 Å². The molecule has 28 heavy (non-hydrogen) atoms. The summed E-state index contributed by atoms with van der Waals surface area (Å²) in [5.74, 6) is 1.64. The van der Waals surface area contributed by atoms with Gasteiger partial charge in [-0.2, -0.15) is 0 Å². The molecule has 0 aliphatic carbocycles. The lowest BCUT2D eigenvalue weighted by Gasteiger charge is -2.26. The Morgan fingerprint density at radius 3 is 3.00 bits per heavy atom. The topological polar surface area (TPSA) is 97.8 Å². The summed E-state index contributed by atoms with van der Waals surface area (Å²) in [5, 5.41) is 6.06. The number of carbonyl (C=O) groups is 1. The number of nitrogens with zero attached hydrogens (tertiary/aromatic N) is 3. The number of hydrogen-bond acceptors (Lipinski definition) is 8. The fraction of sp³-hybridized carbons (Fsp3) is 0.421. The highest BCUT2D eigenvalue weighted by Crippen LogP contribution is 2.36. The third-order valence-electron chi connectivity index (χ3n) is 4.84. The lowest BCUT2D eigenvalue weighted by atomic mass is 10.1. The zero-order valence-electron chi connectivity index (χ0n) is 15.7. The van der Waals surface area contributed by atoms with Gasteiger partial charge in [-0.3, -0.25) is 9.69 Å². The molecule has 0 bridgehead atoms. The summed E-state index contributed by atoms with van der Waals surface area (Å²) in [6, 6.07) is 3.59. The second-order valence-corrected chi connectivity index (χ2v) is 6.52. The number of aromatic nitrogens is 2. The quantitative estimate of drug-likeness (QED) is 0.733. The lowest BCUT2D eigenvalue weighted by molar-refractivity contribution is 0.0322. The largest absolute Gasteiger partial charge is 0.494 e. The minimum absolute atomic E-state index is 0.0889. The fourth-order valence-electron chi connectivity index (χ4n) is 3.36. The van der Waals surface area contributed by atoms with Crippen molar-refractivity contribution in [3.63, 3.8) is 0 Å². The van der Waals surface area contributed by atoms with Crippen molar-refractivity contribution >= 4 is 17.4 Å². The van der Waals surface area contributed by atoms with Crippen molar-refractivity contribution < 1.29 is 19.0 Å². The molecule has 9 nitrogen and oxygen atoms in total. The molecular weight excluding hydrogens is 362 g/mol. The van der Waals surface area contributed by atoms with Gasteiger partial charge in [0.25, 0.3) is 5.91 Å². The average molecular weight is 385 g/mol. The summed E-state index contributed by atoms with van der Waals surface area (Å²) in [4.78, 5) is 22.5. The SMILES string of the molecule is COc1c(Nc2ncncc2OCCN2CCOCC2)ccc2c1CNC2=O. The Morgan fingerprint density at radius 1 is 1.32 bits per heavy atom. The predicted molar refractivity (Wildman–Crippen MR) is 102 cm³/mol. The molecule has 0 spiro atoms. The molecule has 0 radical (unpaired) electrons. The maximum Gasteiger partial charge on any atom is 0.252 e. The molecule has 1 saturated heterocycles. The number of nitrogens with one attached hydrogen (secondary N) is 2. The van der Waals surface area contributed by atoms with Crippen molar-refractivity contribution in [3.8, 4) is 11.5 Å². The van der Waals surface area contributed by atoms with Gasteiger partial charge in [0.1, 0.15) is 18.7 Å². The number of anilines is 2. The van der Waals surface area contributed by atoms with E-state index in [2.05, 4.69) is 25.5 Å². The highest BCUT2D eigenvalue weighted by molar-refractivity contribution is 6.00. The molecular formula is C19H23N5O4. The predicted octanol–water partition coefficient (Wildman–Crippen LogP) is 1.18. The molecule has 0 saturated carbocycles. The molecule has 1 aromatic carbocycles. The van der Waals surface area contributed by atoms with Crippen LogP contribution in [0.15, 0.2) is 24.7 Å². The molecule has 2 aliphatic rings. The first-order valence-corrected chi connectivity index (χ1v) is 9.24. The van der Waals surface area contributed by atoms with Crippen LogP contribution in [0.2, 0.25) is 0 Å². The highest BCUT2D eigenvalue weighted by Gasteiger charge is 2.25. The van der Waals surface area contributed by atoms with E-state index in [1.165, 1.54) is 6.33 Å². The van der Waals surface area contributed by atoms with Crippen LogP contribution in [0.3, 0.4) is 0 Å². The van der Waals surface area contributed by atoms with Gasteiger partial charge >= 0.3 is 0 Å². The zero-order valence-corrected chi connectivity index (χ0v) is 15.7. The standard InChI is InChI=1S/C19H23N5O4/c1-26-17-14-10-21-19(25)13(14)2-3-15(17)23-18-16(11-20-12-22-18)28-9-6-24-4-7-27-8-5-24/h2-3,11-12H,4-10H2,1H3,(H,21,25)(H,20,22,23). The van der Waals surface area contributed by atoms with Gasteiger partial charge in [0.05, 0.1) is 32.2 Å². The first kappa shape index (κ1) is 18.5. The molecule has 9 heteroatoms. The summed E-state index contributed by atoms with van der Waals surface area (Å²) in [7, 11) is 1.59. The molecule has 2 aliphatic heterocycles. The maximum atomic E-state index is 11.9. The van der Waals surface area contributed by atoms with Gasteiger partial charge in [-0.15, -0.1) is 0 Å². The molecule has 0 unspecified atom stereocenters. The van der Waals surface area contributed by atoms with Crippen molar-refractivity contribution in [1.82, 2.24) is 20.2 Å². The highest BCUT2D eigenvalue weighted by atomic mass is 16.5. The van der Waals surface area contributed by atoms with Crippen LogP contribution >= 0.6 is 0 Å². The molecule has 3 heterocycles. The third-order valence-corrected chi connectivity index (χ3v) is 4.84. The first-order chi connectivity index (χ1) is 13.8. The average Bonchev–Trinajstić information content (AvgIpc) is 3.11. The Hall–Kier alpha value is -2.91. The molecule has 148 valence electrons. The van der Waals surface area contributed by atoms with E-state index in [0.29, 0.717) is 36.0 Å². The minimum Gasteiger partial charge on any atom is -0.494 e. The monoisotopic (exact) mass is 385 g/mol. The fourth-order valence-corrected chi connectivity index (χ4v) is 3.36. The van der Waals surface area contributed by atoms with E-state index in [1.807, 2.05) is 6.07 Å². The van der Waals surface area contributed by atoms with E-state index in [9.17, 15) is 4.79 Å². The van der Waals surface area contributed by atoms with E-state index in [0.717, 1.165) is 44.1 Å². The van der Waals surface area contributed by atoms with Crippen LogP contribution < -0.4 is 20.1 Å². The van der Waals surface area contributed by atoms with Crippen molar-refractivity contribution in [1.29, 1.82) is 0 Å². The lowest BCUT2D eigenvalue weighted by Crippen LogP contribution is -2.38. The van der Waals surface area contributed by atoms with Crippen LogP contribution in [-0.4, -0.2) is 67.3 Å². The molecule has 1 aromatic heterocycles. The number of fused-ring (bicyclic) bond motifs is 1. The van der Waals surface area contributed by atoms with Gasteiger partial charge in [0.2, 0.25) is 0 Å². The molecule has 0 atom stereocenters. The Labute approximate surface area is 163 Å². The number of amides is 1. The van der Waals surface area contributed by atoms with Crippen LogP contribution in [0.5, 0.6) is 11.5 Å². The number of carbonyl (C=O) groups excluding carboxylic acids is 1. The van der Waals surface area contributed by atoms with Gasteiger partial charge in [-0.05, 0) is 12.1 Å². The van der Waals surface area contributed by atoms with E-state index in [4.69, 9.17) is 14.2 Å². The summed E-state index contributed by atoms with van der Waals surface area (Å²) in [5.41, 5.74) is 2.18. The first-order valence-electron chi connectivity index (χ1n) is 9.24. The van der Waals surface area contributed by atoms with Crippen LogP contribution in [0, 0.1) is 0 Å². The normalized spacial score (nSPS) is 16.4. The number of methoxy groups -OCH3 is 1. The van der Waals surface area contributed by atoms with Crippen molar-refractivity contribution in [3.05, 3.63) is 35.8 Å². The summed E-state index contributed by atoms with van der Waals surface area (Å²) in [6.45, 7) is 5.14. The molecule has 4 rings (SSSR count). The number of hydrogen-bond donors (Lipinski definition) is 2. The van der Waals surface area contributed by atoms with Crippen molar-refractivity contribution in [2.75, 3.05) is 51.9 Å². The Morgan fingerprint density at radius 2 is 2.18 bits per heavy atom. The summed E-state index contributed by atoms with van der Waals surface area (Å²) < 4.78 is 16.8. The van der Waals surface area contributed by atoms with Crippen LogP contribution in [0.25, 0.3) is 0 Å². The van der Waals surface area contributed by atoms with Gasteiger partial charge in [0, 0.05) is 37.3 Å². The van der Waals surface area contributed by atoms with Crippen LogP contribution in [0.1, 0.15) is 15.9 Å². The Bertz CT molecular complexity index is 854. The smallest absolute Gasteiger partial charge is 0.252 e. The van der Waals surface area contributed by atoms with E-state index in [-0.39, 0.29) is 5.91 Å². The van der Waals surface area contributed by atoms with Crippen LogP contribution in [0.4, 0.5) is 11.5 Å². The van der Waals surface area contributed by atoms with Gasteiger partial charge < -0.3 is 24.8 Å². The van der Waals surface area contributed by atoms with Crippen molar-refractivity contribution in [2.45, 2.75) is 6.54 Å². The Balaban J connectivity index is 1.47. The number of benzene rings is 1. The third kappa shape index (κ3) is 3.85. The zero-order chi connectivity index (χ0) is 19.3. The molecule has 2 aromatic rings. The van der Waals surface area contributed by atoms with E-state index in [1.54, 1.807) is 19.4 Å². The minimum atomic E-state index is -0.0889. The van der Waals surface area contributed by atoms with E-state index >= 15 is 0 Å². The van der Waals surface area contributed by atoms with E-state index < -0.39 is 0 Å². The maximum absolute atomic E-state index is 11.9. The molecule has 1 amide bonds. The Kier molecular flexibility index (Phi) is 5.54. The van der Waals surface area contributed by atoms with Gasteiger partial charge in [-0.25, -0.2) is 9.97 Å². The second-order valence-electron chi connectivity index (χ2n) is 6.52. The van der Waals surface area contributed by atoms with Crippen molar-refractivity contribution in [2.24, 2.45) is 0 Å². The molecule has 1 fully saturated rings. The summed E-state index contributed by atoms with van der Waals surface area (Å²) in [6.07, 6.45) is 3.10. The number of morpholine rings is 1.